The first kappa shape index (κ1) is 12.9. The summed E-state index contributed by atoms with van der Waals surface area (Å²) in [7, 11) is 1.87. The van der Waals surface area contributed by atoms with Gasteiger partial charge in [-0.2, -0.15) is 0 Å². The molecule has 0 aliphatic heterocycles. The molecule has 0 spiro atoms. The van der Waals surface area contributed by atoms with Gasteiger partial charge in [0.25, 0.3) is 0 Å². The zero-order valence-electron chi connectivity index (χ0n) is 11.9. The van der Waals surface area contributed by atoms with Crippen LogP contribution >= 0.6 is 11.3 Å². The number of nitrogens with one attached hydrogen (secondary N) is 1. The summed E-state index contributed by atoms with van der Waals surface area (Å²) < 4.78 is 1.13. The summed E-state index contributed by atoms with van der Waals surface area (Å²) in [6, 6.07) is 1.99. The number of aryl methyl sites for hydroxylation is 3. The van der Waals surface area contributed by atoms with Crippen molar-refractivity contribution < 1.29 is 0 Å². The highest BCUT2D eigenvalue weighted by molar-refractivity contribution is 7.21. The molecule has 102 valence electrons. The van der Waals surface area contributed by atoms with E-state index in [1.54, 1.807) is 11.3 Å². The second-order valence-electron chi connectivity index (χ2n) is 4.59. The molecule has 0 amide bonds. The van der Waals surface area contributed by atoms with Gasteiger partial charge in [0.1, 0.15) is 22.2 Å². The molecule has 0 aliphatic carbocycles. The Labute approximate surface area is 121 Å². The fourth-order valence-electron chi connectivity index (χ4n) is 2.24. The predicted octanol–water partition coefficient (Wildman–Crippen LogP) is 3.12. The fourth-order valence-corrected chi connectivity index (χ4v) is 3.35. The molecule has 0 saturated heterocycles. The molecule has 20 heavy (non-hydrogen) atoms. The molecule has 0 fully saturated rings. The van der Waals surface area contributed by atoms with Crippen LogP contribution in [0, 0.1) is 20.8 Å². The van der Waals surface area contributed by atoms with E-state index in [9.17, 15) is 0 Å². The number of thiazole rings is 1. The van der Waals surface area contributed by atoms with Gasteiger partial charge in [-0.25, -0.2) is 15.0 Å². The molecular formula is C14H15N5S. The lowest BCUT2D eigenvalue weighted by Gasteiger charge is -2.09. The number of aromatic nitrogens is 4. The number of fused-ring (bicyclic) bond motifs is 1. The van der Waals surface area contributed by atoms with Crippen molar-refractivity contribution in [3.05, 3.63) is 29.5 Å². The van der Waals surface area contributed by atoms with Gasteiger partial charge in [-0.1, -0.05) is 0 Å². The molecule has 0 atom stereocenters. The summed E-state index contributed by atoms with van der Waals surface area (Å²) in [6.45, 7) is 5.86. The zero-order valence-corrected chi connectivity index (χ0v) is 12.7. The van der Waals surface area contributed by atoms with E-state index in [1.807, 2.05) is 40.1 Å². The van der Waals surface area contributed by atoms with Gasteiger partial charge in [-0.3, -0.25) is 4.98 Å². The Morgan fingerprint density at radius 3 is 2.55 bits per heavy atom. The minimum absolute atomic E-state index is 0.759. The molecular weight excluding hydrogens is 270 g/mol. The largest absolute Gasteiger partial charge is 0.372 e. The van der Waals surface area contributed by atoms with E-state index < -0.39 is 0 Å². The van der Waals surface area contributed by atoms with Crippen LogP contribution in [0.15, 0.2) is 12.3 Å². The van der Waals surface area contributed by atoms with Crippen LogP contribution in [0.4, 0.5) is 5.82 Å². The van der Waals surface area contributed by atoms with Gasteiger partial charge in [0.05, 0.1) is 21.7 Å². The summed E-state index contributed by atoms with van der Waals surface area (Å²) in [5, 5.41) is 4.06. The topological polar surface area (TPSA) is 63.6 Å². The Balaban J connectivity index is 2.28. The molecule has 0 aromatic carbocycles. The quantitative estimate of drug-likeness (QED) is 0.783. The maximum absolute atomic E-state index is 4.72. The highest BCUT2D eigenvalue weighted by Gasteiger charge is 2.16. The second kappa shape index (κ2) is 4.79. The molecule has 0 radical (unpaired) electrons. The maximum atomic E-state index is 4.72. The lowest BCUT2D eigenvalue weighted by atomic mass is 10.2. The van der Waals surface area contributed by atoms with Crippen LogP contribution in [0.1, 0.15) is 17.2 Å². The summed E-state index contributed by atoms with van der Waals surface area (Å²) in [6.07, 6.45) is 1.82. The number of hydrogen-bond donors (Lipinski definition) is 1. The van der Waals surface area contributed by atoms with Crippen LogP contribution in [0.3, 0.4) is 0 Å². The lowest BCUT2D eigenvalue weighted by molar-refractivity contribution is 1.01. The molecule has 3 aromatic heterocycles. The average molecular weight is 285 g/mol. The van der Waals surface area contributed by atoms with Gasteiger partial charge in [0, 0.05) is 13.2 Å². The van der Waals surface area contributed by atoms with Crippen molar-refractivity contribution in [3.8, 4) is 10.6 Å². The van der Waals surface area contributed by atoms with Gasteiger partial charge < -0.3 is 5.32 Å². The third-order valence-corrected chi connectivity index (χ3v) is 4.18. The van der Waals surface area contributed by atoms with E-state index in [0.717, 1.165) is 43.8 Å². The Bertz CT molecular complexity index is 794. The Morgan fingerprint density at radius 2 is 1.85 bits per heavy atom. The standard InChI is InChI=1S/C14H15N5S/c1-7-11(13(15-4)18-9(3)17-7)14-19-12-8(2)16-6-5-10(12)20-14/h5-6H,1-4H3,(H,15,17,18). The van der Waals surface area contributed by atoms with E-state index in [1.165, 1.54) is 0 Å². The average Bonchev–Trinajstić information content (AvgIpc) is 2.82. The van der Waals surface area contributed by atoms with Crippen LogP contribution in [-0.4, -0.2) is 27.0 Å². The van der Waals surface area contributed by atoms with E-state index in [2.05, 4.69) is 20.3 Å². The van der Waals surface area contributed by atoms with Crippen molar-refractivity contribution in [3.63, 3.8) is 0 Å². The van der Waals surface area contributed by atoms with E-state index in [-0.39, 0.29) is 0 Å². The molecule has 0 bridgehead atoms. The van der Waals surface area contributed by atoms with Crippen LogP contribution < -0.4 is 5.32 Å². The van der Waals surface area contributed by atoms with E-state index in [0.29, 0.717) is 0 Å². The van der Waals surface area contributed by atoms with Crippen molar-refractivity contribution in [2.45, 2.75) is 20.8 Å². The number of rotatable bonds is 2. The van der Waals surface area contributed by atoms with Crippen molar-refractivity contribution in [1.82, 2.24) is 19.9 Å². The summed E-state index contributed by atoms with van der Waals surface area (Å²) in [4.78, 5) is 17.9. The molecule has 0 unspecified atom stereocenters. The first-order valence-electron chi connectivity index (χ1n) is 6.35. The highest BCUT2D eigenvalue weighted by atomic mass is 32.1. The Morgan fingerprint density at radius 1 is 1.05 bits per heavy atom. The molecule has 3 rings (SSSR count). The van der Waals surface area contributed by atoms with Crippen molar-refractivity contribution in [1.29, 1.82) is 0 Å². The van der Waals surface area contributed by atoms with Crippen LogP contribution in [0.2, 0.25) is 0 Å². The third kappa shape index (κ3) is 2.02. The van der Waals surface area contributed by atoms with Crippen molar-refractivity contribution >= 4 is 27.4 Å². The maximum Gasteiger partial charge on any atom is 0.140 e. The van der Waals surface area contributed by atoms with Crippen LogP contribution in [-0.2, 0) is 0 Å². The van der Waals surface area contributed by atoms with Crippen molar-refractivity contribution in [2.24, 2.45) is 0 Å². The lowest BCUT2D eigenvalue weighted by Crippen LogP contribution is -2.02. The van der Waals surface area contributed by atoms with E-state index >= 15 is 0 Å². The summed E-state index contributed by atoms with van der Waals surface area (Å²) in [5.74, 6) is 1.58. The smallest absolute Gasteiger partial charge is 0.140 e. The first-order valence-corrected chi connectivity index (χ1v) is 7.17. The fraction of sp³-hybridized carbons (Fsp3) is 0.286. The summed E-state index contributed by atoms with van der Waals surface area (Å²) in [5.41, 5.74) is 3.81. The summed E-state index contributed by atoms with van der Waals surface area (Å²) >= 11 is 1.64. The number of anilines is 1. The SMILES string of the molecule is CNc1nc(C)nc(C)c1-c1nc2c(C)nccc2s1. The van der Waals surface area contributed by atoms with E-state index in [4.69, 9.17) is 4.98 Å². The Kier molecular flexibility index (Phi) is 3.10. The molecule has 1 N–H and O–H groups in total. The van der Waals surface area contributed by atoms with Gasteiger partial charge >= 0.3 is 0 Å². The van der Waals surface area contributed by atoms with Gasteiger partial charge in [-0.05, 0) is 26.8 Å². The highest BCUT2D eigenvalue weighted by Crippen LogP contribution is 2.35. The minimum Gasteiger partial charge on any atom is -0.372 e. The van der Waals surface area contributed by atoms with Crippen molar-refractivity contribution in [2.75, 3.05) is 12.4 Å². The molecule has 3 aromatic rings. The number of hydrogen-bond acceptors (Lipinski definition) is 6. The van der Waals surface area contributed by atoms with Crippen LogP contribution in [0.5, 0.6) is 0 Å². The minimum atomic E-state index is 0.759. The second-order valence-corrected chi connectivity index (χ2v) is 5.62. The monoisotopic (exact) mass is 285 g/mol. The normalized spacial score (nSPS) is 11.0. The molecule has 6 heteroatoms. The van der Waals surface area contributed by atoms with Crippen LogP contribution in [0.25, 0.3) is 20.8 Å². The van der Waals surface area contributed by atoms with Gasteiger partial charge in [-0.15, -0.1) is 11.3 Å². The molecule has 5 nitrogen and oxygen atoms in total. The third-order valence-electron chi connectivity index (χ3n) is 3.14. The Hall–Kier alpha value is -2.08. The molecule has 3 heterocycles. The molecule has 0 aliphatic rings. The molecule has 0 saturated carbocycles. The zero-order chi connectivity index (χ0) is 14.3. The first-order chi connectivity index (χ1) is 9.60. The van der Waals surface area contributed by atoms with Gasteiger partial charge in [0.15, 0.2) is 0 Å². The predicted molar refractivity (Wildman–Crippen MR) is 82.2 cm³/mol. The number of nitrogens with zero attached hydrogens (tertiary/aromatic N) is 4. The number of pyridine rings is 1. The van der Waals surface area contributed by atoms with Gasteiger partial charge in [0.2, 0.25) is 0 Å².